The summed E-state index contributed by atoms with van der Waals surface area (Å²) in [6.07, 6.45) is 3.56. The number of likely N-dealkylation sites (N-methyl/N-ethyl adjacent to an activating group) is 1. The van der Waals surface area contributed by atoms with E-state index in [2.05, 4.69) is 0 Å². The Balaban J connectivity index is 4.10. The first-order chi connectivity index (χ1) is 5.63. The van der Waals surface area contributed by atoms with Crippen LogP contribution in [0.2, 0.25) is 0 Å². The van der Waals surface area contributed by atoms with Gasteiger partial charge in [0.25, 0.3) is 0 Å². The molecule has 1 atom stereocenters. The summed E-state index contributed by atoms with van der Waals surface area (Å²) >= 11 is 0. The van der Waals surface area contributed by atoms with Crippen LogP contribution in [0.1, 0.15) is 20.3 Å². The molecule has 3 nitrogen and oxygen atoms in total. The van der Waals surface area contributed by atoms with Gasteiger partial charge in [0.05, 0.1) is 12.5 Å². The van der Waals surface area contributed by atoms with Crippen LogP contribution in [0.15, 0.2) is 12.2 Å². The number of hydrogen-bond donors (Lipinski definition) is 0. The molecule has 0 aromatic heterocycles. The average Bonchev–Trinajstić information content (AvgIpc) is 2.04. The summed E-state index contributed by atoms with van der Waals surface area (Å²) in [5.74, 6) is -0.0553. The van der Waals surface area contributed by atoms with Crippen molar-refractivity contribution in [2.75, 3.05) is 7.05 Å². The average molecular weight is 166 g/mol. The highest BCUT2D eigenvalue weighted by atomic mass is 16.2. The maximum absolute atomic E-state index is 11.2. The third-order valence-corrected chi connectivity index (χ3v) is 1.70. The smallest absolute Gasteiger partial charge is 0.246 e. The van der Waals surface area contributed by atoms with Gasteiger partial charge in [0.2, 0.25) is 5.91 Å². The van der Waals surface area contributed by atoms with Gasteiger partial charge in [-0.1, -0.05) is 6.08 Å². The third kappa shape index (κ3) is 3.20. The van der Waals surface area contributed by atoms with Crippen molar-refractivity contribution in [1.29, 1.82) is 5.26 Å². The molecule has 0 aromatic carbocycles. The molecule has 66 valence electrons. The van der Waals surface area contributed by atoms with Crippen molar-refractivity contribution < 1.29 is 4.79 Å². The molecular weight excluding hydrogens is 152 g/mol. The van der Waals surface area contributed by atoms with Crippen molar-refractivity contribution >= 4 is 5.91 Å². The van der Waals surface area contributed by atoms with Gasteiger partial charge in [-0.25, -0.2) is 0 Å². The van der Waals surface area contributed by atoms with Crippen molar-refractivity contribution in [2.45, 2.75) is 26.3 Å². The van der Waals surface area contributed by atoms with Gasteiger partial charge in [0, 0.05) is 13.1 Å². The molecule has 0 saturated heterocycles. The highest BCUT2D eigenvalue weighted by molar-refractivity contribution is 5.87. The van der Waals surface area contributed by atoms with Crippen molar-refractivity contribution in [3.05, 3.63) is 12.2 Å². The molecule has 0 fully saturated rings. The summed E-state index contributed by atoms with van der Waals surface area (Å²) in [6, 6.07) is 2.01. The summed E-state index contributed by atoms with van der Waals surface area (Å²) in [4.78, 5) is 12.7. The lowest BCUT2D eigenvalue weighted by molar-refractivity contribution is -0.126. The minimum absolute atomic E-state index is 0.0151. The Bertz CT molecular complexity index is 215. The van der Waals surface area contributed by atoms with Crippen LogP contribution in [0.25, 0.3) is 0 Å². The SMILES string of the molecule is CC=CC(=O)N(C)C(C)CC#N. The molecule has 0 bridgehead atoms. The first kappa shape index (κ1) is 10.7. The van der Waals surface area contributed by atoms with Crippen LogP contribution >= 0.6 is 0 Å². The zero-order chi connectivity index (χ0) is 9.56. The lowest BCUT2D eigenvalue weighted by Gasteiger charge is -2.20. The van der Waals surface area contributed by atoms with Gasteiger partial charge in [-0.15, -0.1) is 0 Å². The zero-order valence-corrected chi connectivity index (χ0v) is 7.74. The number of rotatable bonds is 3. The molecule has 1 unspecified atom stereocenters. The first-order valence-corrected chi connectivity index (χ1v) is 3.90. The summed E-state index contributed by atoms with van der Waals surface area (Å²) in [5.41, 5.74) is 0. The van der Waals surface area contributed by atoms with Crippen molar-refractivity contribution in [3.8, 4) is 6.07 Å². The van der Waals surface area contributed by atoms with E-state index in [1.165, 1.54) is 6.08 Å². The molecule has 0 saturated carbocycles. The topological polar surface area (TPSA) is 44.1 Å². The van der Waals surface area contributed by atoms with Crippen LogP contribution in [0.5, 0.6) is 0 Å². The van der Waals surface area contributed by atoms with E-state index in [0.717, 1.165) is 0 Å². The Kier molecular flexibility index (Phi) is 4.78. The second kappa shape index (κ2) is 5.36. The predicted molar refractivity (Wildman–Crippen MR) is 47.3 cm³/mol. The van der Waals surface area contributed by atoms with Gasteiger partial charge in [0.15, 0.2) is 0 Å². The highest BCUT2D eigenvalue weighted by Gasteiger charge is 2.11. The van der Waals surface area contributed by atoms with E-state index in [-0.39, 0.29) is 11.9 Å². The standard InChI is InChI=1S/C9H14N2O/c1-4-5-9(12)11(3)8(2)6-7-10/h4-5,8H,6H2,1-3H3. The molecule has 3 heteroatoms. The maximum atomic E-state index is 11.2. The Morgan fingerprint density at radius 3 is 2.75 bits per heavy atom. The van der Waals surface area contributed by atoms with Crippen LogP contribution in [0.4, 0.5) is 0 Å². The van der Waals surface area contributed by atoms with E-state index in [0.29, 0.717) is 6.42 Å². The molecular formula is C9H14N2O. The van der Waals surface area contributed by atoms with Gasteiger partial charge in [-0.3, -0.25) is 4.79 Å². The van der Waals surface area contributed by atoms with E-state index in [9.17, 15) is 4.79 Å². The molecule has 0 spiro atoms. The largest absolute Gasteiger partial charge is 0.338 e. The quantitative estimate of drug-likeness (QED) is 0.593. The van der Waals surface area contributed by atoms with Gasteiger partial charge >= 0.3 is 0 Å². The number of allylic oxidation sites excluding steroid dienone is 1. The molecule has 1 amide bonds. The van der Waals surface area contributed by atoms with Crippen LogP contribution < -0.4 is 0 Å². The summed E-state index contributed by atoms with van der Waals surface area (Å²) < 4.78 is 0. The van der Waals surface area contributed by atoms with E-state index < -0.39 is 0 Å². The van der Waals surface area contributed by atoms with E-state index in [4.69, 9.17) is 5.26 Å². The number of carbonyl (C=O) groups is 1. The Labute approximate surface area is 73.3 Å². The Hall–Kier alpha value is -1.30. The zero-order valence-electron chi connectivity index (χ0n) is 7.74. The third-order valence-electron chi connectivity index (χ3n) is 1.70. The van der Waals surface area contributed by atoms with Crippen molar-refractivity contribution in [2.24, 2.45) is 0 Å². The van der Waals surface area contributed by atoms with Crippen molar-refractivity contribution in [3.63, 3.8) is 0 Å². The number of carbonyl (C=O) groups excluding carboxylic acids is 1. The minimum Gasteiger partial charge on any atom is -0.338 e. The molecule has 0 N–H and O–H groups in total. The summed E-state index contributed by atoms with van der Waals surface area (Å²) in [5, 5.41) is 8.39. The van der Waals surface area contributed by atoms with Gasteiger partial charge in [-0.05, 0) is 19.9 Å². The first-order valence-electron chi connectivity index (χ1n) is 3.90. The Morgan fingerprint density at radius 2 is 2.33 bits per heavy atom. The number of nitrogens with zero attached hydrogens (tertiary/aromatic N) is 2. The van der Waals surface area contributed by atoms with E-state index in [1.54, 1.807) is 24.9 Å². The van der Waals surface area contributed by atoms with Crippen LogP contribution in [-0.4, -0.2) is 23.9 Å². The Morgan fingerprint density at radius 1 is 1.75 bits per heavy atom. The summed E-state index contributed by atoms with van der Waals surface area (Å²) in [7, 11) is 1.70. The van der Waals surface area contributed by atoms with Crippen LogP contribution in [-0.2, 0) is 4.79 Å². The lowest BCUT2D eigenvalue weighted by atomic mass is 10.2. The minimum atomic E-state index is -0.0553. The molecule has 0 aliphatic carbocycles. The fraction of sp³-hybridized carbons (Fsp3) is 0.556. The predicted octanol–water partition coefficient (Wildman–Crippen LogP) is 1.32. The fourth-order valence-electron chi connectivity index (χ4n) is 0.746. The molecule has 0 aliphatic rings. The van der Waals surface area contributed by atoms with Crippen molar-refractivity contribution in [1.82, 2.24) is 4.90 Å². The van der Waals surface area contributed by atoms with Crippen LogP contribution in [0, 0.1) is 11.3 Å². The second-order valence-corrected chi connectivity index (χ2v) is 2.66. The number of nitriles is 1. The van der Waals surface area contributed by atoms with E-state index in [1.807, 2.05) is 13.0 Å². The molecule has 0 heterocycles. The molecule has 0 aliphatic heterocycles. The number of amides is 1. The number of hydrogen-bond acceptors (Lipinski definition) is 2. The van der Waals surface area contributed by atoms with E-state index >= 15 is 0 Å². The molecule has 0 aromatic rings. The molecule has 0 radical (unpaired) electrons. The normalized spacial score (nSPS) is 12.5. The molecule has 0 rings (SSSR count). The molecule has 12 heavy (non-hydrogen) atoms. The van der Waals surface area contributed by atoms with Gasteiger partial charge in [-0.2, -0.15) is 5.26 Å². The summed E-state index contributed by atoms with van der Waals surface area (Å²) in [6.45, 7) is 3.64. The maximum Gasteiger partial charge on any atom is 0.246 e. The fourth-order valence-corrected chi connectivity index (χ4v) is 0.746. The monoisotopic (exact) mass is 166 g/mol. The van der Waals surface area contributed by atoms with Gasteiger partial charge < -0.3 is 4.90 Å². The van der Waals surface area contributed by atoms with Crippen LogP contribution in [0.3, 0.4) is 0 Å². The highest BCUT2D eigenvalue weighted by Crippen LogP contribution is 2.00. The van der Waals surface area contributed by atoms with Gasteiger partial charge in [0.1, 0.15) is 0 Å². The lowest BCUT2D eigenvalue weighted by Crippen LogP contribution is -2.33. The second-order valence-electron chi connectivity index (χ2n) is 2.66.